The predicted molar refractivity (Wildman–Crippen MR) is 413 cm³/mol. The summed E-state index contributed by atoms with van der Waals surface area (Å²) in [7, 11) is 0. The largest absolute Gasteiger partial charge is 0.363 e. The summed E-state index contributed by atoms with van der Waals surface area (Å²) < 4.78 is 2.51. The van der Waals surface area contributed by atoms with Crippen LogP contribution in [-0.4, -0.2) is 21.6 Å². The van der Waals surface area contributed by atoms with Gasteiger partial charge in [-0.3, -0.25) is 0 Å². The van der Waals surface area contributed by atoms with Crippen molar-refractivity contribution in [2.45, 2.75) is 281 Å². The lowest BCUT2D eigenvalue weighted by atomic mass is 9.70. The smallest absolute Gasteiger partial charge is 0.170 e. The number of anilines is 1. The van der Waals surface area contributed by atoms with E-state index in [1.165, 1.54) is 308 Å². The van der Waals surface area contributed by atoms with Crippen molar-refractivity contribution in [3.8, 4) is 48.8 Å². The Balaban J connectivity index is 0.000000220. The number of hydrogen-bond donors (Lipinski definition) is 2. The number of hydrogen-bond acceptors (Lipinski definition) is 7. The number of nitrogens with one attached hydrogen (secondary N) is 2. The summed E-state index contributed by atoms with van der Waals surface area (Å²) in [6.07, 6.45) is 47.7. The van der Waals surface area contributed by atoms with Crippen LogP contribution in [-0.2, 0) is 10.8 Å². The van der Waals surface area contributed by atoms with Crippen molar-refractivity contribution < 1.29 is 0 Å². The van der Waals surface area contributed by atoms with Gasteiger partial charge in [-0.05, 0) is 162 Å². The fraction of sp³-hybridized carbons (Fsp3) is 0.524. The first-order valence-electron chi connectivity index (χ1n) is 37.2. The van der Waals surface area contributed by atoms with Gasteiger partial charge in [0.15, 0.2) is 5.11 Å². The van der Waals surface area contributed by atoms with Crippen molar-refractivity contribution in [3.05, 3.63) is 144 Å². The minimum absolute atomic E-state index is 0.000720. The summed E-state index contributed by atoms with van der Waals surface area (Å²) in [4.78, 5) is 11.2. The Morgan fingerprint density at radius 1 is 0.419 bits per heavy atom. The van der Waals surface area contributed by atoms with Crippen LogP contribution >= 0.6 is 46.7 Å². The van der Waals surface area contributed by atoms with Crippen molar-refractivity contribution in [1.82, 2.24) is 15.3 Å². The second-order valence-electron chi connectivity index (χ2n) is 27.2. The molecule has 0 spiro atoms. The van der Waals surface area contributed by atoms with E-state index in [4.69, 9.17) is 22.2 Å². The van der Waals surface area contributed by atoms with Crippen LogP contribution in [0.4, 0.5) is 5.69 Å². The molecule has 10 rings (SSSR count). The van der Waals surface area contributed by atoms with Crippen molar-refractivity contribution in [2.24, 2.45) is 0 Å². The number of thiocarbonyl (C=S) groups is 1. The minimum Gasteiger partial charge on any atom is -0.363 e. The number of thiazole rings is 2. The highest BCUT2D eigenvalue weighted by molar-refractivity contribution is 8.03. The molecule has 0 amide bonds. The number of nitriles is 1. The molecule has 0 aliphatic heterocycles. The van der Waals surface area contributed by atoms with Crippen LogP contribution in [0, 0.1) is 10.7 Å². The van der Waals surface area contributed by atoms with Crippen LogP contribution in [0.5, 0.6) is 0 Å². The van der Waals surface area contributed by atoms with Crippen molar-refractivity contribution in [3.63, 3.8) is 0 Å². The molecule has 5 nitrogen and oxygen atoms in total. The van der Waals surface area contributed by atoms with E-state index < -0.39 is 0 Å². The number of benzene rings is 6. The monoisotopic (exact) mass is 1320 g/mol. The minimum atomic E-state index is -0.00615. The van der Waals surface area contributed by atoms with Gasteiger partial charge in [-0.1, -0.05) is 294 Å². The molecule has 9 heteroatoms. The number of fused-ring (bicyclic) bond motifs is 8. The Labute approximate surface area is 580 Å². The molecular formula is C84H111N5S4. The Morgan fingerprint density at radius 3 is 1.14 bits per heavy atom. The highest BCUT2D eigenvalue weighted by Gasteiger charge is 2.44. The number of rotatable bonds is 41. The molecule has 0 saturated heterocycles. The fourth-order valence-electron chi connectivity index (χ4n) is 15.3. The maximum atomic E-state index is 9.56. The molecule has 0 saturated carbocycles. The maximum absolute atomic E-state index is 9.56. The van der Waals surface area contributed by atoms with E-state index in [-0.39, 0.29) is 10.8 Å². The first-order chi connectivity index (χ1) is 45.8. The van der Waals surface area contributed by atoms with Gasteiger partial charge in [0.25, 0.3) is 0 Å². The third-order valence-electron chi connectivity index (χ3n) is 20.4. The van der Waals surface area contributed by atoms with Gasteiger partial charge in [-0.25, -0.2) is 9.97 Å². The topological polar surface area (TPSA) is 73.6 Å². The molecule has 8 aromatic rings. The Hall–Kier alpha value is -5.37. The molecule has 496 valence electrons. The SMILES string of the molecule is CCCCCCCCCCC1(CCCCCCCCCC)c2cc(NC(=S)NCC)ccc2-c2ccc(-c3nc4ccccc4s3)cc21.CCCCCCCCCCC1(CCCCCCCCCC)c2cc(SC#N)ccc2-c2ccc(-c3nc4ccccc4s3)cc21. The van der Waals surface area contributed by atoms with Crippen molar-refractivity contribution in [1.29, 1.82) is 5.26 Å². The standard InChI is InChI=1S/C43H59N3S2.C41H52N2S2/c1-4-7-9-11-13-15-17-21-29-43(30-22-18-16-14-12-10-8-5-2)37-31-33(41-46-39-23-19-20-24-40(39)48-41)25-27-35(37)36-28-26-34(32-38(36)43)45-42(47)44-6-3;1-3-5-7-9-11-13-15-19-27-41(28-20-16-14-12-10-8-6-4-2)36-29-32(40-43-38-21-17-18-22-39(38)45-40)23-25-34(36)35-26-24-33(44-31-42)30-37(35)41/h19-20,23-28,31-32H,4-18,21-22,29-30H2,1-3H3,(H2,44,45,47);17-18,21-26,29-30H,3-16,19-20,27-28H2,1-2H3. The summed E-state index contributed by atoms with van der Waals surface area (Å²) in [5, 5.41) is 21.6. The molecule has 0 atom stereocenters. The van der Waals surface area contributed by atoms with Crippen molar-refractivity contribution >= 4 is 77.9 Å². The summed E-state index contributed by atoms with van der Waals surface area (Å²) in [6, 6.07) is 45.3. The zero-order chi connectivity index (χ0) is 64.9. The first-order valence-corrected chi connectivity index (χ1v) is 40.1. The van der Waals surface area contributed by atoms with E-state index in [0.29, 0.717) is 5.11 Å². The number of thiocyanates is 1. The van der Waals surface area contributed by atoms with Gasteiger partial charge in [0, 0.05) is 39.1 Å². The average Bonchev–Trinajstić information content (AvgIpc) is 1.58. The molecule has 0 fully saturated rings. The molecule has 2 aromatic heterocycles. The molecule has 2 N–H and O–H groups in total. The van der Waals surface area contributed by atoms with Gasteiger partial charge in [0.1, 0.15) is 15.4 Å². The molecule has 93 heavy (non-hydrogen) atoms. The van der Waals surface area contributed by atoms with Gasteiger partial charge in [0.05, 0.1) is 20.4 Å². The van der Waals surface area contributed by atoms with Gasteiger partial charge in [-0.2, -0.15) is 5.26 Å². The van der Waals surface area contributed by atoms with E-state index in [2.05, 4.69) is 172 Å². The van der Waals surface area contributed by atoms with Crippen LogP contribution in [0.15, 0.2) is 126 Å². The molecular weight excluding hydrogens is 1210 g/mol. The number of para-hydroxylation sites is 2. The Bertz CT molecular complexity index is 3500. The highest BCUT2D eigenvalue weighted by atomic mass is 32.2. The molecule has 0 unspecified atom stereocenters. The average molecular weight is 1320 g/mol. The third-order valence-corrected chi connectivity index (χ3v) is 23.4. The lowest BCUT2D eigenvalue weighted by molar-refractivity contribution is 0.396. The van der Waals surface area contributed by atoms with E-state index in [0.717, 1.165) is 38.2 Å². The fourth-order valence-corrected chi connectivity index (χ4v) is 17.9. The number of aromatic nitrogens is 2. The summed E-state index contributed by atoms with van der Waals surface area (Å²) >= 11 is 10.6. The number of unbranched alkanes of at least 4 members (excludes halogenated alkanes) is 28. The molecule has 2 heterocycles. The maximum Gasteiger partial charge on any atom is 0.170 e. The van der Waals surface area contributed by atoms with E-state index in [9.17, 15) is 5.26 Å². The van der Waals surface area contributed by atoms with Crippen LogP contribution in [0.2, 0.25) is 0 Å². The van der Waals surface area contributed by atoms with Gasteiger partial charge in [0.2, 0.25) is 0 Å². The van der Waals surface area contributed by atoms with Gasteiger partial charge < -0.3 is 10.6 Å². The predicted octanol–water partition coefficient (Wildman–Crippen LogP) is 27.5. The van der Waals surface area contributed by atoms with E-state index in [1.807, 2.05) is 11.3 Å². The first kappa shape index (κ1) is 71.9. The van der Waals surface area contributed by atoms with Crippen LogP contribution < -0.4 is 10.6 Å². The van der Waals surface area contributed by atoms with Crippen LogP contribution in [0.1, 0.15) is 288 Å². The molecule has 2 aliphatic rings. The second kappa shape index (κ2) is 38.4. The lowest BCUT2D eigenvalue weighted by Crippen LogP contribution is -2.28. The quantitative estimate of drug-likeness (QED) is 0.0171. The summed E-state index contributed by atoms with van der Waals surface area (Å²) in [5.74, 6) is 0. The molecule has 0 radical (unpaired) electrons. The van der Waals surface area contributed by atoms with E-state index >= 15 is 0 Å². The van der Waals surface area contributed by atoms with Crippen LogP contribution in [0.3, 0.4) is 0 Å². The Morgan fingerprint density at radius 2 is 0.763 bits per heavy atom. The number of nitrogens with zero attached hydrogens (tertiary/aromatic N) is 3. The van der Waals surface area contributed by atoms with Gasteiger partial charge >= 0.3 is 0 Å². The van der Waals surface area contributed by atoms with Gasteiger partial charge in [-0.15, -0.1) is 22.7 Å². The molecule has 6 aromatic carbocycles. The second-order valence-corrected chi connectivity index (χ2v) is 30.5. The third kappa shape index (κ3) is 19.4. The summed E-state index contributed by atoms with van der Waals surface area (Å²) in [5.41, 5.74) is 17.3. The van der Waals surface area contributed by atoms with E-state index in [1.54, 1.807) is 11.3 Å². The highest BCUT2D eigenvalue weighted by Crippen LogP contribution is 2.58. The zero-order valence-electron chi connectivity index (χ0n) is 57.7. The Kier molecular flexibility index (Phi) is 29.7. The molecule has 0 bridgehead atoms. The lowest BCUT2D eigenvalue weighted by Gasteiger charge is -2.33. The molecule has 2 aliphatic carbocycles. The zero-order valence-corrected chi connectivity index (χ0v) is 61.0. The van der Waals surface area contributed by atoms with Crippen molar-refractivity contribution in [2.75, 3.05) is 11.9 Å². The van der Waals surface area contributed by atoms with Crippen LogP contribution in [0.25, 0.3) is 63.8 Å². The normalized spacial score (nSPS) is 13.1. The summed E-state index contributed by atoms with van der Waals surface area (Å²) in [6.45, 7) is 12.1. The number of thioether (sulfide) groups is 1.